The first-order valence-corrected chi connectivity index (χ1v) is 4.97. The highest BCUT2D eigenvalue weighted by Gasteiger charge is 2.13. The van der Waals surface area contributed by atoms with Crippen LogP contribution in [-0.4, -0.2) is 17.0 Å². The van der Waals surface area contributed by atoms with Crippen molar-refractivity contribution in [2.45, 2.75) is 0 Å². The zero-order valence-corrected chi connectivity index (χ0v) is 8.38. The van der Waals surface area contributed by atoms with E-state index in [-0.39, 0.29) is 4.88 Å². The van der Waals surface area contributed by atoms with Crippen LogP contribution in [0.25, 0.3) is 10.1 Å². The third-order valence-corrected chi connectivity index (χ3v) is 3.19. The molecular formula is C10H7NO3S. The molecule has 1 amide bonds. The van der Waals surface area contributed by atoms with Crippen LogP contribution in [0.5, 0.6) is 0 Å². The highest BCUT2D eigenvalue weighted by atomic mass is 32.1. The summed E-state index contributed by atoms with van der Waals surface area (Å²) in [5.74, 6) is -1.54. The number of rotatable bonds is 2. The van der Waals surface area contributed by atoms with Crippen molar-refractivity contribution in [1.29, 1.82) is 0 Å². The second-order valence-corrected chi connectivity index (χ2v) is 4.06. The Morgan fingerprint density at radius 3 is 2.67 bits per heavy atom. The van der Waals surface area contributed by atoms with Gasteiger partial charge in [0.05, 0.1) is 5.56 Å². The van der Waals surface area contributed by atoms with Gasteiger partial charge in [-0.3, -0.25) is 4.79 Å². The molecule has 2 aromatic rings. The van der Waals surface area contributed by atoms with Crippen LogP contribution in [0.3, 0.4) is 0 Å². The number of amides is 1. The van der Waals surface area contributed by atoms with Crippen LogP contribution in [0.15, 0.2) is 24.3 Å². The summed E-state index contributed by atoms with van der Waals surface area (Å²) in [4.78, 5) is 22.0. The average molecular weight is 221 g/mol. The van der Waals surface area contributed by atoms with Crippen LogP contribution < -0.4 is 5.73 Å². The zero-order valence-electron chi connectivity index (χ0n) is 7.56. The number of hydrogen-bond acceptors (Lipinski definition) is 3. The summed E-state index contributed by atoms with van der Waals surface area (Å²) < 4.78 is 0.627. The molecule has 0 saturated heterocycles. The van der Waals surface area contributed by atoms with Crippen LogP contribution in [0.4, 0.5) is 0 Å². The fraction of sp³-hybridized carbons (Fsp3) is 0. The highest BCUT2D eigenvalue weighted by molar-refractivity contribution is 7.21. The van der Waals surface area contributed by atoms with Gasteiger partial charge in [-0.1, -0.05) is 12.1 Å². The monoisotopic (exact) mass is 221 g/mol. The summed E-state index contributed by atoms with van der Waals surface area (Å²) in [6, 6.07) is 6.56. The molecule has 2 rings (SSSR count). The first-order chi connectivity index (χ1) is 7.09. The zero-order chi connectivity index (χ0) is 11.0. The van der Waals surface area contributed by atoms with E-state index < -0.39 is 11.9 Å². The molecular weight excluding hydrogens is 214 g/mol. The molecule has 4 nitrogen and oxygen atoms in total. The molecule has 1 aromatic carbocycles. The van der Waals surface area contributed by atoms with E-state index in [9.17, 15) is 9.59 Å². The Balaban J connectivity index is 2.75. The molecule has 0 aliphatic carbocycles. The molecule has 76 valence electrons. The average Bonchev–Trinajstić information content (AvgIpc) is 2.60. The first-order valence-electron chi connectivity index (χ1n) is 4.15. The Bertz CT molecular complexity index is 559. The lowest BCUT2D eigenvalue weighted by Crippen LogP contribution is -2.10. The van der Waals surface area contributed by atoms with Gasteiger partial charge in [0.1, 0.15) is 4.88 Å². The fourth-order valence-electron chi connectivity index (χ4n) is 1.36. The lowest BCUT2D eigenvalue weighted by Gasteiger charge is -1.95. The number of carboxylic acid groups (broad SMARTS) is 1. The Kier molecular flexibility index (Phi) is 2.17. The number of primary amides is 1. The number of fused-ring (bicyclic) bond motifs is 1. The second kappa shape index (κ2) is 3.36. The van der Waals surface area contributed by atoms with Gasteiger partial charge in [0, 0.05) is 4.70 Å². The van der Waals surface area contributed by atoms with Crippen LogP contribution in [0, 0.1) is 0 Å². The van der Waals surface area contributed by atoms with Crippen molar-refractivity contribution >= 4 is 33.3 Å². The van der Waals surface area contributed by atoms with Crippen molar-refractivity contribution in [3.8, 4) is 0 Å². The van der Waals surface area contributed by atoms with Crippen LogP contribution in [0.1, 0.15) is 20.0 Å². The summed E-state index contributed by atoms with van der Waals surface area (Å²) in [6.45, 7) is 0. The van der Waals surface area contributed by atoms with E-state index in [1.165, 1.54) is 6.07 Å². The van der Waals surface area contributed by atoms with E-state index in [1.807, 2.05) is 0 Å². The molecule has 1 aromatic heterocycles. The summed E-state index contributed by atoms with van der Waals surface area (Å²) >= 11 is 1.06. The van der Waals surface area contributed by atoms with E-state index >= 15 is 0 Å². The molecule has 3 N–H and O–H groups in total. The van der Waals surface area contributed by atoms with Crippen LogP contribution in [-0.2, 0) is 0 Å². The lowest BCUT2D eigenvalue weighted by molar-refractivity contribution is 0.0702. The maximum Gasteiger partial charge on any atom is 0.345 e. The van der Waals surface area contributed by atoms with Crippen molar-refractivity contribution in [3.63, 3.8) is 0 Å². The molecule has 0 aliphatic rings. The largest absolute Gasteiger partial charge is 0.477 e. The number of carbonyl (C=O) groups is 2. The SMILES string of the molecule is NC(=O)c1cccc2cc(C(=O)O)sc12. The van der Waals surface area contributed by atoms with Crippen molar-refractivity contribution in [3.05, 3.63) is 34.7 Å². The Hall–Kier alpha value is -1.88. The highest BCUT2D eigenvalue weighted by Crippen LogP contribution is 2.28. The van der Waals surface area contributed by atoms with E-state index in [2.05, 4.69) is 0 Å². The molecule has 1 heterocycles. The van der Waals surface area contributed by atoms with Gasteiger partial charge in [0.15, 0.2) is 0 Å². The summed E-state index contributed by atoms with van der Waals surface area (Å²) in [7, 11) is 0. The maximum atomic E-state index is 11.1. The van der Waals surface area contributed by atoms with Gasteiger partial charge in [0.25, 0.3) is 0 Å². The van der Waals surface area contributed by atoms with Crippen molar-refractivity contribution in [2.75, 3.05) is 0 Å². The van der Waals surface area contributed by atoms with Crippen LogP contribution in [0.2, 0.25) is 0 Å². The van der Waals surface area contributed by atoms with E-state index in [1.54, 1.807) is 18.2 Å². The first kappa shape index (κ1) is 9.67. The van der Waals surface area contributed by atoms with Crippen molar-refractivity contribution in [1.82, 2.24) is 0 Å². The predicted octanol–water partition coefficient (Wildman–Crippen LogP) is 1.70. The molecule has 5 heteroatoms. The lowest BCUT2D eigenvalue weighted by atomic mass is 10.1. The minimum absolute atomic E-state index is 0.207. The fourth-order valence-corrected chi connectivity index (χ4v) is 2.38. The summed E-state index contributed by atoms with van der Waals surface area (Å²) in [5, 5.41) is 9.54. The number of aromatic carboxylic acids is 1. The molecule has 0 unspecified atom stereocenters. The number of thiophene rings is 1. The Labute approximate surface area is 88.9 Å². The van der Waals surface area contributed by atoms with Gasteiger partial charge in [-0.2, -0.15) is 0 Å². The molecule has 0 spiro atoms. The predicted molar refractivity (Wildman–Crippen MR) is 57.3 cm³/mol. The second-order valence-electron chi connectivity index (χ2n) is 3.00. The number of carbonyl (C=O) groups excluding carboxylic acids is 1. The van der Waals surface area contributed by atoms with E-state index in [4.69, 9.17) is 10.8 Å². The van der Waals surface area contributed by atoms with E-state index in [0.29, 0.717) is 10.3 Å². The number of benzene rings is 1. The molecule has 0 aliphatic heterocycles. The maximum absolute atomic E-state index is 11.1. The standard InChI is InChI=1S/C10H7NO3S/c11-9(12)6-3-1-2-5-4-7(10(13)14)15-8(5)6/h1-4H,(H2,11,12)(H,13,14). The quantitative estimate of drug-likeness (QED) is 0.809. The minimum Gasteiger partial charge on any atom is -0.477 e. The molecule has 15 heavy (non-hydrogen) atoms. The molecule has 0 fully saturated rings. The summed E-state index contributed by atoms with van der Waals surface area (Å²) in [6.07, 6.45) is 0. The summed E-state index contributed by atoms with van der Waals surface area (Å²) in [5.41, 5.74) is 5.55. The van der Waals surface area contributed by atoms with Gasteiger partial charge in [0.2, 0.25) is 5.91 Å². The number of hydrogen-bond donors (Lipinski definition) is 2. The van der Waals surface area contributed by atoms with Gasteiger partial charge in [-0.05, 0) is 17.5 Å². The Morgan fingerprint density at radius 2 is 2.07 bits per heavy atom. The normalized spacial score (nSPS) is 10.4. The number of nitrogens with two attached hydrogens (primary N) is 1. The Morgan fingerprint density at radius 1 is 1.33 bits per heavy atom. The van der Waals surface area contributed by atoms with Crippen LogP contribution >= 0.6 is 11.3 Å². The molecule has 0 bridgehead atoms. The molecule has 0 saturated carbocycles. The topological polar surface area (TPSA) is 80.4 Å². The van der Waals surface area contributed by atoms with Gasteiger partial charge in [-0.15, -0.1) is 11.3 Å². The van der Waals surface area contributed by atoms with Gasteiger partial charge < -0.3 is 10.8 Å². The third-order valence-electron chi connectivity index (χ3n) is 2.02. The van der Waals surface area contributed by atoms with Gasteiger partial charge >= 0.3 is 5.97 Å². The third kappa shape index (κ3) is 1.57. The number of carboxylic acids is 1. The van der Waals surface area contributed by atoms with E-state index in [0.717, 1.165) is 16.7 Å². The van der Waals surface area contributed by atoms with Crippen molar-refractivity contribution < 1.29 is 14.7 Å². The smallest absolute Gasteiger partial charge is 0.345 e. The molecule has 0 atom stereocenters. The van der Waals surface area contributed by atoms with Gasteiger partial charge in [-0.25, -0.2) is 4.79 Å². The van der Waals surface area contributed by atoms with Crippen molar-refractivity contribution in [2.24, 2.45) is 5.73 Å². The minimum atomic E-state index is -0.994. The molecule has 0 radical (unpaired) electrons.